The number of ketones is 1. The summed E-state index contributed by atoms with van der Waals surface area (Å²) < 4.78 is 18.1. The van der Waals surface area contributed by atoms with Crippen molar-refractivity contribution in [1.29, 1.82) is 0 Å². The summed E-state index contributed by atoms with van der Waals surface area (Å²) in [6.07, 6.45) is 0.967. The van der Waals surface area contributed by atoms with Gasteiger partial charge in [-0.15, -0.1) is 0 Å². The van der Waals surface area contributed by atoms with Crippen LogP contribution in [-0.4, -0.2) is 12.4 Å². The van der Waals surface area contributed by atoms with Crippen molar-refractivity contribution in [3.05, 3.63) is 65.5 Å². The first-order chi connectivity index (χ1) is 9.19. The Morgan fingerprint density at radius 1 is 1.05 bits per heavy atom. The molecular weight excluding hydrogens is 243 g/mol. The summed E-state index contributed by atoms with van der Waals surface area (Å²) in [6.45, 7) is 2.03. The van der Waals surface area contributed by atoms with Crippen molar-refractivity contribution in [1.82, 2.24) is 0 Å². The van der Waals surface area contributed by atoms with Crippen LogP contribution in [-0.2, 0) is 6.42 Å². The van der Waals surface area contributed by atoms with Crippen LogP contribution in [0.3, 0.4) is 0 Å². The van der Waals surface area contributed by atoms with Crippen LogP contribution in [0.25, 0.3) is 0 Å². The van der Waals surface area contributed by atoms with Gasteiger partial charge in [0.25, 0.3) is 0 Å². The van der Waals surface area contributed by atoms with Gasteiger partial charge in [0.15, 0.2) is 12.4 Å². The molecule has 0 aliphatic rings. The Kier molecular flexibility index (Phi) is 4.29. The van der Waals surface area contributed by atoms with Gasteiger partial charge in [-0.1, -0.05) is 19.1 Å². The first-order valence-electron chi connectivity index (χ1n) is 6.19. The molecule has 0 saturated heterocycles. The predicted molar refractivity (Wildman–Crippen MR) is 72.0 cm³/mol. The summed E-state index contributed by atoms with van der Waals surface area (Å²) in [6, 6.07) is 13.1. The highest BCUT2D eigenvalue weighted by atomic mass is 19.1. The van der Waals surface area contributed by atoms with Gasteiger partial charge in [-0.2, -0.15) is 0 Å². The second kappa shape index (κ2) is 6.14. The maximum atomic E-state index is 12.7. The Labute approximate surface area is 111 Å². The van der Waals surface area contributed by atoms with Gasteiger partial charge in [-0.25, -0.2) is 4.39 Å². The van der Waals surface area contributed by atoms with Gasteiger partial charge in [0.2, 0.25) is 0 Å². The Hall–Kier alpha value is -2.16. The molecule has 0 atom stereocenters. The summed E-state index contributed by atoms with van der Waals surface area (Å²) >= 11 is 0. The number of carbonyl (C=O) groups excluding carboxylic acids is 1. The van der Waals surface area contributed by atoms with Crippen molar-refractivity contribution in [3.63, 3.8) is 0 Å². The Bertz CT molecular complexity index is 544. The van der Waals surface area contributed by atoms with Crippen molar-refractivity contribution < 1.29 is 13.9 Å². The largest absolute Gasteiger partial charge is 0.485 e. The number of hydrogen-bond acceptors (Lipinski definition) is 2. The van der Waals surface area contributed by atoms with Crippen molar-refractivity contribution in [2.75, 3.05) is 6.61 Å². The van der Waals surface area contributed by atoms with E-state index in [0.717, 1.165) is 6.42 Å². The Morgan fingerprint density at radius 2 is 1.68 bits per heavy atom. The van der Waals surface area contributed by atoms with Crippen molar-refractivity contribution >= 4 is 5.78 Å². The SMILES string of the molecule is CCc1ccc(OCC(=O)c2ccc(F)cc2)cc1. The quantitative estimate of drug-likeness (QED) is 0.765. The lowest BCUT2D eigenvalue weighted by Gasteiger charge is -2.06. The standard InChI is InChI=1S/C16H15FO2/c1-2-12-3-9-15(10-4-12)19-11-16(18)13-5-7-14(17)8-6-13/h3-10H,2,11H2,1H3. The molecule has 0 radical (unpaired) electrons. The van der Waals surface area contributed by atoms with Crippen LogP contribution in [0, 0.1) is 5.82 Å². The summed E-state index contributed by atoms with van der Waals surface area (Å²) in [7, 11) is 0. The molecule has 0 aliphatic heterocycles. The minimum atomic E-state index is -0.354. The lowest BCUT2D eigenvalue weighted by molar-refractivity contribution is 0.0921. The minimum Gasteiger partial charge on any atom is -0.485 e. The lowest BCUT2D eigenvalue weighted by atomic mass is 10.1. The third-order valence-corrected chi connectivity index (χ3v) is 2.87. The van der Waals surface area contributed by atoms with Gasteiger partial charge in [-0.3, -0.25) is 4.79 Å². The molecule has 2 nitrogen and oxygen atoms in total. The van der Waals surface area contributed by atoms with E-state index in [1.807, 2.05) is 24.3 Å². The van der Waals surface area contributed by atoms with Crippen LogP contribution >= 0.6 is 0 Å². The van der Waals surface area contributed by atoms with Crippen LogP contribution in [0.4, 0.5) is 4.39 Å². The Morgan fingerprint density at radius 3 is 2.26 bits per heavy atom. The third-order valence-electron chi connectivity index (χ3n) is 2.87. The van der Waals surface area contributed by atoms with E-state index in [9.17, 15) is 9.18 Å². The zero-order valence-electron chi connectivity index (χ0n) is 10.7. The number of Topliss-reactive ketones (excluding diaryl/α,β-unsaturated/α-hetero) is 1. The molecule has 2 rings (SSSR count). The molecule has 0 heterocycles. The fourth-order valence-electron chi connectivity index (χ4n) is 1.69. The van der Waals surface area contributed by atoms with Gasteiger partial charge in [0.1, 0.15) is 11.6 Å². The third kappa shape index (κ3) is 3.65. The highest BCUT2D eigenvalue weighted by molar-refractivity contribution is 5.97. The fraction of sp³-hybridized carbons (Fsp3) is 0.188. The number of aryl methyl sites for hydroxylation is 1. The molecule has 98 valence electrons. The molecule has 0 aliphatic carbocycles. The molecule has 0 bridgehead atoms. The second-order valence-corrected chi connectivity index (χ2v) is 4.22. The molecule has 0 amide bonds. The summed E-state index contributed by atoms with van der Waals surface area (Å²) in [5.41, 5.74) is 1.67. The number of halogens is 1. The predicted octanol–water partition coefficient (Wildman–Crippen LogP) is 3.65. The normalized spacial score (nSPS) is 10.2. The van der Waals surface area contributed by atoms with Crippen LogP contribution < -0.4 is 4.74 Å². The van der Waals surface area contributed by atoms with Crippen molar-refractivity contribution in [2.24, 2.45) is 0 Å². The van der Waals surface area contributed by atoms with Crippen LogP contribution in [0.5, 0.6) is 5.75 Å². The zero-order valence-corrected chi connectivity index (χ0v) is 10.7. The molecule has 0 fully saturated rings. The van der Waals surface area contributed by atoms with Crippen molar-refractivity contribution in [3.8, 4) is 5.75 Å². The first kappa shape index (κ1) is 13.3. The molecule has 0 N–H and O–H groups in total. The van der Waals surface area contributed by atoms with E-state index in [4.69, 9.17) is 4.74 Å². The maximum Gasteiger partial charge on any atom is 0.200 e. The number of benzene rings is 2. The molecule has 0 aromatic heterocycles. The van der Waals surface area contributed by atoms with Gasteiger partial charge < -0.3 is 4.74 Å². The smallest absolute Gasteiger partial charge is 0.200 e. The molecule has 0 spiro atoms. The van der Waals surface area contributed by atoms with E-state index in [1.54, 1.807) is 0 Å². The van der Waals surface area contributed by atoms with E-state index >= 15 is 0 Å². The Balaban J connectivity index is 1.94. The minimum absolute atomic E-state index is 0.0445. The molecule has 0 saturated carbocycles. The van der Waals surface area contributed by atoms with Crippen molar-refractivity contribution in [2.45, 2.75) is 13.3 Å². The van der Waals surface area contributed by atoms with E-state index in [-0.39, 0.29) is 18.2 Å². The van der Waals surface area contributed by atoms with Gasteiger partial charge in [0, 0.05) is 5.56 Å². The summed E-state index contributed by atoms with van der Waals surface area (Å²) in [5.74, 6) is 0.139. The summed E-state index contributed by atoms with van der Waals surface area (Å²) in [5, 5.41) is 0. The molecule has 3 heteroatoms. The zero-order chi connectivity index (χ0) is 13.7. The van der Waals surface area contributed by atoms with E-state index < -0.39 is 0 Å². The second-order valence-electron chi connectivity index (χ2n) is 4.22. The number of rotatable bonds is 5. The van der Waals surface area contributed by atoms with Gasteiger partial charge >= 0.3 is 0 Å². The lowest BCUT2D eigenvalue weighted by Crippen LogP contribution is -2.11. The average molecular weight is 258 g/mol. The molecule has 0 unspecified atom stereocenters. The van der Waals surface area contributed by atoms with Crippen LogP contribution in [0.2, 0.25) is 0 Å². The molecule has 2 aromatic rings. The van der Waals surface area contributed by atoms with Crippen LogP contribution in [0.15, 0.2) is 48.5 Å². The highest BCUT2D eigenvalue weighted by Gasteiger charge is 2.06. The molecule has 19 heavy (non-hydrogen) atoms. The van der Waals surface area contributed by atoms with Gasteiger partial charge in [0.05, 0.1) is 0 Å². The molecule has 2 aromatic carbocycles. The van der Waals surface area contributed by atoms with Gasteiger partial charge in [-0.05, 0) is 48.4 Å². The molecular formula is C16H15FO2. The van der Waals surface area contributed by atoms with Crippen LogP contribution in [0.1, 0.15) is 22.8 Å². The van der Waals surface area contributed by atoms with E-state index in [0.29, 0.717) is 11.3 Å². The topological polar surface area (TPSA) is 26.3 Å². The number of hydrogen-bond donors (Lipinski definition) is 0. The first-order valence-corrected chi connectivity index (χ1v) is 6.19. The maximum absolute atomic E-state index is 12.7. The van der Waals surface area contributed by atoms with E-state index in [1.165, 1.54) is 29.8 Å². The number of carbonyl (C=O) groups is 1. The summed E-state index contributed by atoms with van der Waals surface area (Å²) in [4.78, 5) is 11.8. The van der Waals surface area contributed by atoms with E-state index in [2.05, 4.69) is 6.92 Å². The fourth-order valence-corrected chi connectivity index (χ4v) is 1.69. The highest BCUT2D eigenvalue weighted by Crippen LogP contribution is 2.13. The average Bonchev–Trinajstić information content (AvgIpc) is 2.46. The monoisotopic (exact) mass is 258 g/mol. The number of ether oxygens (including phenoxy) is 1.